The quantitative estimate of drug-likeness (QED) is 0.625. The van der Waals surface area contributed by atoms with Gasteiger partial charge in [-0.3, -0.25) is 4.79 Å². The van der Waals surface area contributed by atoms with Gasteiger partial charge in [0.15, 0.2) is 0 Å². The molecule has 2 aliphatic rings. The maximum absolute atomic E-state index is 10.9. The first kappa shape index (κ1) is 9.68. The third kappa shape index (κ3) is 1.44. The summed E-state index contributed by atoms with van der Waals surface area (Å²) in [6, 6.07) is 0. The maximum Gasteiger partial charge on any atom is 0.309 e. The van der Waals surface area contributed by atoms with E-state index in [4.69, 9.17) is 14.9 Å². The van der Waals surface area contributed by atoms with Crippen molar-refractivity contribution in [3.05, 3.63) is 11.6 Å². The third-order valence-corrected chi connectivity index (χ3v) is 3.26. The number of carboxylic acid groups (broad SMARTS) is 1. The Balaban J connectivity index is 2.13. The van der Waals surface area contributed by atoms with E-state index in [1.165, 1.54) is 0 Å². The van der Waals surface area contributed by atoms with Crippen LogP contribution in [0, 0.1) is 17.8 Å². The van der Waals surface area contributed by atoms with Gasteiger partial charge in [-0.05, 0) is 17.9 Å². The summed E-state index contributed by atoms with van der Waals surface area (Å²) >= 11 is 0. The molecule has 0 aromatic carbocycles. The lowest BCUT2D eigenvalue weighted by Crippen LogP contribution is -2.38. The normalized spacial score (nSPS) is 36.4. The molecule has 1 aliphatic carbocycles. The molecule has 3 unspecified atom stereocenters. The highest BCUT2D eigenvalue weighted by Gasteiger charge is 2.41. The Morgan fingerprint density at radius 3 is 3.00 bits per heavy atom. The molecular formula is C10H14O4. The standard InChI is InChI=1S/C10H14O4/c11-3-6-1-2-7-8(6)4-14-5-9(7)10(12)13/h1,7-9,11H,2-5H2,(H,12,13). The van der Waals surface area contributed by atoms with Gasteiger partial charge in [-0.1, -0.05) is 6.08 Å². The van der Waals surface area contributed by atoms with Gasteiger partial charge in [0, 0.05) is 5.92 Å². The molecule has 0 spiro atoms. The highest BCUT2D eigenvalue weighted by molar-refractivity contribution is 5.71. The van der Waals surface area contributed by atoms with Gasteiger partial charge in [0.1, 0.15) is 0 Å². The first-order valence-electron chi connectivity index (χ1n) is 4.84. The number of aliphatic hydroxyl groups excluding tert-OH is 1. The van der Waals surface area contributed by atoms with Crippen molar-refractivity contribution in [3.8, 4) is 0 Å². The lowest BCUT2D eigenvalue weighted by atomic mass is 9.80. The third-order valence-electron chi connectivity index (χ3n) is 3.26. The second-order valence-corrected chi connectivity index (χ2v) is 3.93. The average Bonchev–Trinajstić information content (AvgIpc) is 2.59. The Morgan fingerprint density at radius 1 is 1.57 bits per heavy atom. The van der Waals surface area contributed by atoms with Crippen molar-refractivity contribution in [2.45, 2.75) is 6.42 Å². The zero-order valence-electron chi connectivity index (χ0n) is 7.85. The van der Waals surface area contributed by atoms with Crippen molar-refractivity contribution in [1.29, 1.82) is 0 Å². The molecular weight excluding hydrogens is 184 g/mol. The highest BCUT2D eigenvalue weighted by Crippen LogP contribution is 2.40. The fourth-order valence-electron chi connectivity index (χ4n) is 2.44. The molecule has 1 heterocycles. The summed E-state index contributed by atoms with van der Waals surface area (Å²) in [6.45, 7) is 0.890. The topological polar surface area (TPSA) is 66.8 Å². The molecule has 1 aliphatic heterocycles. The zero-order valence-corrected chi connectivity index (χ0v) is 7.85. The summed E-state index contributed by atoms with van der Waals surface area (Å²) in [4.78, 5) is 10.9. The van der Waals surface area contributed by atoms with Crippen LogP contribution in [0.25, 0.3) is 0 Å². The van der Waals surface area contributed by atoms with E-state index < -0.39 is 11.9 Å². The Bertz CT molecular complexity index is 271. The van der Waals surface area contributed by atoms with E-state index in [0.29, 0.717) is 13.2 Å². The summed E-state index contributed by atoms with van der Waals surface area (Å²) in [5, 5.41) is 18.0. The number of carboxylic acids is 1. The minimum atomic E-state index is -0.785. The Kier molecular flexibility index (Phi) is 2.56. The fourth-order valence-corrected chi connectivity index (χ4v) is 2.44. The lowest BCUT2D eigenvalue weighted by Gasteiger charge is -2.32. The number of ether oxygens (including phenoxy) is 1. The van der Waals surface area contributed by atoms with E-state index in [2.05, 4.69) is 0 Å². The Morgan fingerprint density at radius 2 is 2.36 bits per heavy atom. The van der Waals surface area contributed by atoms with Gasteiger partial charge in [-0.25, -0.2) is 0 Å². The van der Waals surface area contributed by atoms with Crippen LogP contribution in [-0.2, 0) is 9.53 Å². The number of carbonyl (C=O) groups is 1. The van der Waals surface area contributed by atoms with Crippen LogP contribution in [0.4, 0.5) is 0 Å². The van der Waals surface area contributed by atoms with Gasteiger partial charge in [0.2, 0.25) is 0 Å². The van der Waals surface area contributed by atoms with E-state index in [1.807, 2.05) is 6.08 Å². The zero-order chi connectivity index (χ0) is 10.1. The summed E-state index contributed by atoms with van der Waals surface area (Å²) in [7, 11) is 0. The molecule has 4 nitrogen and oxygen atoms in total. The average molecular weight is 198 g/mol. The maximum atomic E-state index is 10.9. The summed E-state index contributed by atoms with van der Waals surface area (Å²) < 4.78 is 5.26. The minimum absolute atomic E-state index is 0.0247. The van der Waals surface area contributed by atoms with Crippen LogP contribution >= 0.6 is 0 Å². The van der Waals surface area contributed by atoms with Gasteiger partial charge in [-0.2, -0.15) is 0 Å². The largest absolute Gasteiger partial charge is 0.481 e. The first-order chi connectivity index (χ1) is 6.74. The molecule has 0 amide bonds. The van der Waals surface area contributed by atoms with Crippen LogP contribution in [0.2, 0.25) is 0 Å². The highest BCUT2D eigenvalue weighted by atomic mass is 16.5. The molecule has 0 saturated carbocycles. The Hall–Kier alpha value is -0.870. The van der Waals surface area contributed by atoms with E-state index >= 15 is 0 Å². The van der Waals surface area contributed by atoms with Crippen molar-refractivity contribution in [1.82, 2.24) is 0 Å². The van der Waals surface area contributed by atoms with E-state index in [-0.39, 0.29) is 18.4 Å². The van der Waals surface area contributed by atoms with Gasteiger partial charge in [0.25, 0.3) is 0 Å². The van der Waals surface area contributed by atoms with Crippen molar-refractivity contribution >= 4 is 5.97 Å². The van der Waals surface area contributed by atoms with E-state index in [0.717, 1.165) is 12.0 Å². The molecule has 0 radical (unpaired) electrons. The van der Waals surface area contributed by atoms with E-state index in [1.54, 1.807) is 0 Å². The van der Waals surface area contributed by atoms with Crippen LogP contribution in [0.1, 0.15) is 6.42 Å². The van der Waals surface area contributed by atoms with Crippen LogP contribution in [0.3, 0.4) is 0 Å². The van der Waals surface area contributed by atoms with Gasteiger partial charge in [-0.15, -0.1) is 0 Å². The molecule has 0 bridgehead atoms. The predicted octanol–water partition coefficient (Wildman–Crippen LogP) is 0.272. The van der Waals surface area contributed by atoms with E-state index in [9.17, 15) is 4.79 Å². The van der Waals surface area contributed by atoms with Crippen molar-refractivity contribution < 1.29 is 19.7 Å². The van der Waals surface area contributed by atoms with Crippen LogP contribution in [0.15, 0.2) is 11.6 Å². The van der Waals surface area contributed by atoms with Gasteiger partial charge < -0.3 is 14.9 Å². The molecule has 0 aromatic rings. The summed E-state index contributed by atoms with van der Waals surface area (Å²) in [5.74, 6) is -0.945. The summed E-state index contributed by atoms with van der Waals surface area (Å²) in [5.41, 5.74) is 0.945. The Labute approximate surface area is 82.2 Å². The number of fused-ring (bicyclic) bond motifs is 1. The fraction of sp³-hybridized carbons (Fsp3) is 0.700. The number of hydrogen-bond acceptors (Lipinski definition) is 3. The van der Waals surface area contributed by atoms with Gasteiger partial charge >= 0.3 is 5.97 Å². The second kappa shape index (κ2) is 3.71. The number of allylic oxidation sites excluding steroid dienone is 1. The molecule has 3 atom stereocenters. The smallest absolute Gasteiger partial charge is 0.309 e. The van der Waals surface area contributed by atoms with Crippen molar-refractivity contribution in [2.24, 2.45) is 17.8 Å². The van der Waals surface area contributed by atoms with Crippen molar-refractivity contribution in [3.63, 3.8) is 0 Å². The SMILES string of the molecule is O=C(O)C1COCC2C(CO)=CCC12. The lowest BCUT2D eigenvalue weighted by molar-refractivity contribution is -0.151. The number of aliphatic hydroxyl groups is 1. The first-order valence-corrected chi connectivity index (χ1v) is 4.84. The molecule has 2 rings (SSSR count). The van der Waals surface area contributed by atoms with Crippen LogP contribution in [0.5, 0.6) is 0 Å². The molecule has 2 N–H and O–H groups in total. The summed E-state index contributed by atoms with van der Waals surface area (Å²) in [6.07, 6.45) is 2.72. The number of rotatable bonds is 2. The predicted molar refractivity (Wildman–Crippen MR) is 48.7 cm³/mol. The van der Waals surface area contributed by atoms with Crippen LogP contribution < -0.4 is 0 Å². The molecule has 0 aromatic heterocycles. The van der Waals surface area contributed by atoms with Crippen molar-refractivity contribution in [2.75, 3.05) is 19.8 Å². The number of hydrogen-bond donors (Lipinski definition) is 2. The van der Waals surface area contributed by atoms with Gasteiger partial charge in [0.05, 0.1) is 25.7 Å². The monoisotopic (exact) mass is 198 g/mol. The molecule has 1 fully saturated rings. The molecule has 4 heteroatoms. The number of aliphatic carboxylic acids is 1. The molecule has 78 valence electrons. The molecule has 1 saturated heterocycles. The molecule has 14 heavy (non-hydrogen) atoms. The van der Waals surface area contributed by atoms with Crippen LogP contribution in [-0.4, -0.2) is 36.0 Å². The minimum Gasteiger partial charge on any atom is -0.481 e. The second-order valence-electron chi connectivity index (χ2n) is 3.93.